The summed E-state index contributed by atoms with van der Waals surface area (Å²) in [5, 5.41) is 5.67. The number of hydrogen-bond acceptors (Lipinski definition) is 5. The lowest BCUT2D eigenvalue weighted by molar-refractivity contribution is -0.121. The highest BCUT2D eigenvalue weighted by atomic mass is 16.5. The van der Waals surface area contributed by atoms with Crippen LogP contribution in [0.5, 0.6) is 17.2 Å². The predicted octanol–water partition coefficient (Wildman–Crippen LogP) is 3.06. The third-order valence-corrected chi connectivity index (χ3v) is 4.55. The number of nitrogens with one attached hydrogen (secondary N) is 2. The molecule has 2 amide bonds. The van der Waals surface area contributed by atoms with Gasteiger partial charge in [0.2, 0.25) is 11.7 Å². The quantitative estimate of drug-likeness (QED) is 0.639. The van der Waals surface area contributed by atoms with E-state index in [0.29, 0.717) is 42.6 Å². The van der Waals surface area contributed by atoms with Crippen LogP contribution in [0.25, 0.3) is 0 Å². The molecule has 0 atom stereocenters. The highest BCUT2D eigenvalue weighted by molar-refractivity contribution is 5.97. The van der Waals surface area contributed by atoms with Crippen molar-refractivity contribution in [1.82, 2.24) is 10.6 Å². The largest absolute Gasteiger partial charge is 0.490 e. The zero-order valence-electron chi connectivity index (χ0n) is 17.1. The maximum absolute atomic E-state index is 12.6. The van der Waals surface area contributed by atoms with Gasteiger partial charge in [0.15, 0.2) is 11.5 Å². The van der Waals surface area contributed by atoms with Gasteiger partial charge in [0.1, 0.15) is 0 Å². The van der Waals surface area contributed by atoms with Crippen molar-refractivity contribution in [2.45, 2.75) is 58.9 Å². The highest BCUT2D eigenvalue weighted by Crippen LogP contribution is 2.39. The number of carbonyl (C=O) groups excluding carboxylic acids is 2. The van der Waals surface area contributed by atoms with Crippen LogP contribution in [-0.2, 0) is 4.79 Å². The van der Waals surface area contributed by atoms with Crippen molar-refractivity contribution in [2.75, 3.05) is 26.4 Å². The molecule has 1 aromatic rings. The monoisotopic (exact) mass is 392 g/mol. The summed E-state index contributed by atoms with van der Waals surface area (Å²) >= 11 is 0. The first-order valence-corrected chi connectivity index (χ1v) is 10.2. The first kappa shape index (κ1) is 21.9. The molecule has 1 aliphatic rings. The van der Waals surface area contributed by atoms with Crippen LogP contribution in [0.4, 0.5) is 0 Å². The van der Waals surface area contributed by atoms with E-state index in [1.165, 1.54) is 6.42 Å². The molecule has 0 radical (unpaired) electrons. The summed E-state index contributed by atoms with van der Waals surface area (Å²) in [5.41, 5.74) is 0.362. The van der Waals surface area contributed by atoms with Gasteiger partial charge in [0.25, 0.3) is 5.91 Å². The van der Waals surface area contributed by atoms with Crippen molar-refractivity contribution >= 4 is 11.8 Å². The zero-order chi connectivity index (χ0) is 20.4. The molecule has 2 N–H and O–H groups in total. The van der Waals surface area contributed by atoms with E-state index in [1.54, 1.807) is 12.1 Å². The van der Waals surface area contributed by atoms with Crippen molar-refractivity contribution in [3.8, 4) is 17.2 Å². The van der Waals surface area contributed by atoms with Gasteiger partial charge >= 0.3 is 0 Å². The molecule has 28 heavy (non-hydrogen) atoms. The Hall–Kier alpha value is -2.44. The minimum Gasteiger partial charge on any atom is -0.490 e. The molecule has 2 rings (SSSR count). The Kier molecular flexibility index (Phi) is 8.91. The maximum atomic E-state index is 12.6. The number of hydrogen-bond donors (Lipinski definition) is 2. The van der Waals surface area contributed by atoms with Gasteiger partial charge in [0, 0.05) is 11.6 Å². The number of carbonyl (C=O) groups is 2. The predicted molar refractivity (Wildman–Crippen MR) is 107 cm³/mol. The van der Waals surface area contributed by atoms with Crippen LogP contribution in [0.3, 0.4) is 0 Å². The van der Waals surface area contributed by atoms with E-state index in [9.17, 15) is 9.59 Å². The van der Waals surface area contributed by atoms with Crippen LogP contribution in [0.15, 0.2) is 12.1 Å². The van der Waals surface area contributed by atoms with Gasteiger partial charge in [-0.1, -0.05) is 19.3 Å². The lowest BCUT2D eigenvalue weighted by Crippen LogP contribution is -2.42. The Bertz CT molecular complexity index is 629. The molecule has 156 valence electrons. The van der Waals surface area contributed by atoms with Crippen LogP contribution < -0.4 is 24.8 Å². The van der Waals surface area contributed by atoms with Crippen LogP contribution >= 0.6 is 0 Å². The molecular weight excluding hydrogens is 360 g/mol. The number of ether oxygens (including phenoxy) is 3. The first-order chi connectivity index (χ1) is 13.6. The molecule has 0 aromatic heterocycles. The second kappa shape index (κ2) is 11.4. The molecule has 1 aromatic carbocycles. The van der Waals surface area contributed by atoms with Crippen LogP contribution in [0, 0.1) is 0 Å². The van der Waals surface area contributed by atoms with E-state index in [-0.39, 0.29) is 24.4 Å². The molecule has 0 saturated heterocycles. The first-order valence-electron chi connectivity index (χ1n) is 10.2. The Morgan fingerprint density at radius 2 is 1.50 bits per heavy atom. The fraction of sp³-hybridized carbons (Fsp3) is 0.619. The van der Waals surface area contributed by atoms with Crippen LogP contribution in [0.2, 0.25) is 0 Å². The summed E-state index contributed by atoms with van der Waals surface area (Å²) in [5.74, 6) is 0.863. The van der Waals surface area contributed by atoms with E-state index in [4.69, 9.17) is 14.2 Å². The molecule has 0 bridgehead atoms. The standard InChI is InChI=1S/C21H32N2O5/c1-4-26-17-12-15(13-18(27-5-2)20(17)28-6-3)21(25)22-14-19(24)23-16-10-8-7-9-11-16/h12-13,16H,4-11,14H2,1-3H3,(H,22,25)(H,23,24). The molecule has 1 saturated carbocycles. The maximum Gasteiger partial charge on any atom is 0.251 e. The Balaban J connectivity index is 2.05. The molecule has 0 spiro atoms. The van der Waals surface area contributed by atoms with Gasteiger partial charge in [-0.3, -0.25) is 9.59 Å². The molecule has 0 unspecified atom stereocenters. The lowest BCUT2D eigenvalue weighted by Gasteiger charge is -2.22. The fourth-order valence-corrected chi connectivity index (χ4v) is 3.31. The molecule has 1 fully saturated rings. The molecule has 0 heterocycles. The van der Waals surface area contributed by atoms with E-state index in [2.05, 4.69) is 10.6 Å². The van der Waals surface area contributed by atoms with Crippen molar-refractivity contribution < 1.29 is 23.8 Å². The Morgan fingerprint density at radius 1 is 0.929 bits per heavy atom. The minimum atomic E-state index is -0.358. The fourth-order valence-electron chi connectivity index (χ4n) is 3.31. The van der Waals surface area contributed by atoms with E-state index in [1.807, 2.05) is 20.8 Å². The molecule has 7 nitrogen and oxygen atoms in total. The zero-order valence-corrected chi connectivity index (χ0v) is 17.1. The number of amides is 2. The van der Waals surface area contributed by atoms with Crippen molar-refractivity contribution in [3.05, 3.63) is 17.7 Å². The van der Waals surface area contributed by atoms with E-state index >= 15 is 0 Å². The van der Waals surface area contributed by atoms with Gasteiger partial charge in [-0.2, -0.15) is 0 Å². The molecule has 7 heteroatoms. The van der Waals surface area contributed by atoms with Crippen molar-refractivity contribution in [2.24, 2.45) is 0 Å². The number of benzene rings is 1. The molecule has 0 aliphatic heterocycles. The van der Waals surface area contributed by atoms with Gasteiger partial charge in [0.05, 0.1) is 26.4 Å². The van der Waals surface area contributed by atoms with Gasteiger partial charge in [-0.05, 0) is 45.7 Å². The third-order valence-electron chi connectivity index (χ3n) is 4.55. The van der Waals surface area contributed by atoms with Gasteiger partial charge in [-0.25, -0.2) is 0 Å². The Morgan fingerprint density at radius 3 is 2.04 bits per heavy atom. The summed E-state index contributed by atoms with van der Waals surface area (Å²) in [6, 6.07) is 3.45. The lowest BCUT2D eigenvalue weighted by atomic mass is 9.95. The third kappa shape index (κ3) is 6.32. The smallest absolute Gasteiger partial charge is 0.251 e. The van der Waals surface area contributed by atoms with E-state index in [0.717, 1.165) is 25.7 Å². The second-order valence-electron chi connectivity index (χ2n) is 6.69. The summed E-state index contributed by atoms with van der Waals surface area (Å²) in [7, 11) is 0. The van der Waals surface area contributed by atoms with E-state index < -0.39 is 0 Å². The summed E-state index contributed by atoms with van der Waals surface area (Å²) in [6.45, 7) is 6.85. The van der Waals surface area contributed by atoms with Gasteiger partial charge < -0.3 is 24.8 Å². The second-order valence-corrected chi connectivity index (χ2v) is 6.69. The van der Waals surface area contributed by atoms with Crippen LogP contribution in [0.1, 0.15) is 63.2 Å². The topological polar surface area (TPSA) is 85.9 Å². The summed E-state index contributed by atoms with van der Waals surface area (Å²) in [4.78, 5) is 24.7. The summed E-state index contributed by atoms with van der Waals surface area (Å²) < 4.78 is 16.9. The average molecular weight is 392 g/mol. The normalized spacial score (nSPS) is 14.2. The molecular formula is C21H32N2O5. The Labute approximate surface area is 167 Å². The number of rotatable bonds is 10. The molecule has 1 aliphatic carbocycles. The van der Waals surface area contributed by atoms with Gasteiger partial charge in [-0.15, -0.1) is 0 Å². The van der Waals surface area contributed by atoms with Crippen molar-refractivity contribution in [3.63, 3.8) is 0 Å². The highest BCUT2D eigenvalue weighted by Gasteiger charge is 2.20. The average Bonchev–Trinajstić information content (AvgIpc) is 2.69. The summed E-state index contributed by atoms with van der Waals surface area (Å²) in [6.07, 6.45) is 5.53. The SMILES string of the molecule is CCOc1cc(C(=O)NCC(=O)NC2CCCCC2)cc(OCC)c1OCC. The van der Waals surface area contributed by atoms with Crippen molar-refractivity contribution in [1.29, 1.82) is 0 Å². The van der Waals surface area contributed by atoms with Crippen LogP contribution in [-0.4, -0.2) is 44.2 Å². The minimum absolute atomic E-state index is 0.0590.